The first kappa shape index (κ1) is 24.2. The Bertz CT molecular complexity index is 902. The van der Waals surface area contributed by atoms with Crippen molar-refractivity contribution in [1.29, 1.82) is 0 Å². The highest BCUT2D eigenvalue weighted by Crippen LogP contribution is 2.29. The number of nitrogens with zero attached hydrogens (tertiary/aromatic N) is 2. The standard InChI is InChI=1S/C22H25ClF3N3O3/c1-28-8-10-29(11-9-28)14-17-12-19(32-22(24,25)26)6-7-20(17)31-15-21(30)27-13-16-2-4-18(23)5-3-16/h2-7,12H,8-11,13-15H2,1H3,(H,27,30). The van der Waals surface area contributed by atoms with Crippen molar-refractivity contribution in [3.8, 4) is 11.5 Å². The minimum Gasteiger partial charge on any atom is -0.483 e. The summed E-state index contributed by atoms with van der Waals surface area (Å²) in [6, 6.07) is 11.0. The number of carbonyl (C=O) groups excluding carboxylic acids is 1. The Hall–Kier alpha value is -2.49. The minimum absolute atomic E-state index is 0.261. The highest BCUT2D eigenvalue weighted by molar-refractivity contribution is 6.30. The lowest BCUT2D eigenvalue weighted by Gasteiger charge is -2.32. The monoisotopic (exact) mass is 471 g/mol. The summed E-state index contributed by atoms with van der Waals surface area (Å²) in [5.74, 6) is -0.317. The van der Waals surface area contributed by atoms with Crippen LogP contribution in [0, 0.1) is 0 Å². The lowest BCUT2D eigenvalue weighted by atomic mass is 10.1. The molecule has 0 bridgehead atoms. The van der Waals surface area contributed by atoms with Gasteiger partial charge >= 0.3 is 6.36 Å². The summed E-state index contributed by atoms with van der Waals surface area (Å²) in [6.45, 7) is 3.73. The van der Waals surface area contributed by atoms with Crippen LogP contribution in [0.2, 0.25) is 5.02 Å². The maximum atomic E-state index is 12.6. The third-order valence-corrected chi connectivity index (χ3v) is 5.27. The maximum Gasteiger partial charge on any atom is 0.573 e. The van der Waals surface area contributed by atoms with Gasteiger partial charge < -0.3 is 19.7 Å². The fourth-order valence-corrected chi connectivity index (χ4v) is 3.39. The first-order valence-corrected chi connectivity index (χ1v) is 10.5. The molecule has 2 aromatic rings. The fourth-order valence-electron chi connectivity index (χ4n) is 3.26. The summed E-state index contributed by atoms with van der Waals surface area (Å²) in [6.07, 6.45) is -4.78. The first-order valence-electron chi connectivity index (χ1n) is 10.1. The second-order valence-electron chi connectivity index (χ2n) is 7.59. The van der Waals surface area contributed by atoms with Gasteiger partial charge in [0.05, 0.1) is 0 Å². The van der Waals surface area contributed by atoms with Gasteiger partial charge in [-0.15, -0.1) is 13.2 Å². The topological polar surface area (TPSA) is 54.0 Å². The normalized spacial score (nSPS) is 15.4. The van der Waals surface area contributed by atoms with Crippen LogP contribution in [0.5, 0.6) is 11.5 Å². The molecule has 0 spiro atoms. The molecule has 2 aromatic carbocycles. The predicted octanol–water partition coefficient (Wildman–Crippen LogP) is 3.68. The molecule has 1 heterocycles. The number of ether oxygens (including phenoxy) is 2. The Morgan fingerprint density at radius 2 is 1.78 bits per heavy atom. The van der Waals surface area contributed by atoms with E-state index >= 15 is 0 Å². The van der Waals surface area contributed by atoms with E-state index in [9.17, 15) is 18.0 Å². The summed E-state index contributed by atoms with van der Waals surface area (Å²) in [7, 11) is 2.02. The molecule has 6 nitrogen and oxygen atoms in total. The number of alkyl halides is 3. The van der Waals surface area contributed by atoms with E-state index in [1.165, 1.54) is 18.2 Å². The molecule has 0 aliphatic carbocycles. The number of likely N-dealkylation sites (N-methyl/N-ethyl adjacent to an activating group) is 1. The molecule has 1 fully saturated rings. The van der Waals surface area contributed by atoms with E-state index < -0.39 is 6.36 Å². The van der Waals surface area contributed by atoms with E-state index in [-0.39, 0.29) is 18.3 Å². The van der Waals surface area contributed by atoms with Crippen molar-refractivity contribution in [3.63, 3.8) is 0 Å². The van der Waals surface area contributed by atoms with Crippen LogP contribution < -0.4 is 14.8 Å². The van der Waals surface area contributed by atoms with Crippen molar-refractivity contribution in [1.82, 2.24) is 15.1 Å². The Kier molecular flexibility index (Phi) is 8.22. The van der Waals surface area contributed by atoms with Crippen LogP contribution in [0.1, 0.15) is 11.1 Å². The number of hydrogen-bond donors (Lipinski definition) is 1. The van der Waals surface area contributed by atoms with E-state index in [0.29, 0.717) is 29.4 Å². The van der Waals surface area contributed by atoms with Crippen molar-refractivity contribution in [2.45, 2.75) is 19.5 Å². The van der Waals surface area contributed by atoms with Crippen molar-refractivity contribution in [3.05, 3.63) is 58.6 Å². The highest BCUT2D eigenvalue weighted by atomic mass is 35.5. The zero-order valence-electron chi connectivity index (χ0n) is 17.6. The SMILES string of the molecule is CN1CCN(Cc2cc(OC(F)(F)F)ccc2OCC(=O)NCc2ccc(Cl)cc2)CC1. The van der Waals surface area contributed by atoms with E-state index in [0.717, 1.165) is 31.7 Å². The molecule has 1 aliphatic heterocycles. The molecule has 1 aliphatic rings. The predicted molar refractivity (Wildman–Crippen MR) is 115 cm³/mol. The largest absolute Gasteiger partial charge is 0.573 e. The smallest absolute Gasteiger partial charge is 0.483 e. The van der Waals surface area contributed by atoms with Gasteiger partial charge in [0, 0.05) is 49.9 Å². The Morgan fingerprint density at radius 1 is 1.09 bits per heavy atom. The number of piperazine rings is 1. The first-order chi connectivity index (χ1) is 15.2. The van der Waals surface area contributed by atoms with Crippen molar-refractivity contribution >= 4 is 17.5 Å². The number of carbonyl (C=O) groups is 1. The van der Waals surface area contributed by atoms with E-state index in [1.54, 1.807) is 24.3 Å². The van der Waals surface area contributed by atoms with Crippen LogP contribution in [0.15, 0.2) is 42.5 Å². The zero-order valence-corrected chi connectivity index (χ0v) is 18.4. The van der Waals surface area contributed by atoms with Gasteiger partial charge in [0.15, 0.2) is 6.61 Å². The number of amides is 1. The summed E-state index contributed by atoms with van der Waals surface area (Å²) in [4.78, 5) is 16.5. The molecule has 1 N–H and O–H groups in total. The van der Waals surface area contributed by atoms with Gasteiger partial charge in [-0.05, 0) is 42.9 Å². The van der Waals surface area contributed by atoms with Gasteiger partial charge in [-0.25, -0.2) is 0 Å². The van der Waals surface area contributed by atoms with Crippen LogP contribution in [0.4, 0.5) is 13.2 Å². The molecular weight excluding hydrogens is 447 g/mol. The molecule has 1 amide bonds. The zero-order chi connectivity index (χ0) is 23.1. The third-order valence-electron chi connectivity index (χ3n) is 5.02. The summed E-state index contributed by atoms with van der Waals surface area (Å²) < 4.78 is 47.6. The van der Waals surface area contributed by atoms with Gasteiger partial charge in [0.2, 0.25) is 0 Å². The lowest BCUT2D eigenvalue weighted by molar-refractivity contribution is -0.274. The minimum atomic E-state index is -4.78. The van der Waals surface area contributed by atoms with Gasteiger partial charge in [-0.2, -0.15) is 0 Å². The van der Waals surface area contributed by atoms with Crippen molar-refractivity contribution < 1.29 is 27.4 Å². The number of halogens is 4. The number of nitrogens with one attached hydrogen (secondary N) is 1. The quantitative estimate of drug-likeness (QED) is 0.636. The molecule has 0 unspecified atom stereocenters. The highest BCUT2D eigenvalue weighted by Gasteiger charge is 2.31. The van der Waals surface area contributed by atoms with E-state index in [4.69, 9.17) is 16.3 Å². The van der Waals surface area contributed by atoms with Gasteiger partial charge in [-0.1, -0.05) is 23.7 Å². The molecule has 0 saturated carbocycles. The summed E-state index contributed by atoms with van der Waals surface area (Å²) in [5.41, 5.74) is 1.41. The second kappa shape index (κ2) is 10.9. The van der Waals surface area contributed by atoms with E-state index in [1.807, 2.05) is 7.05 Å². The van der Waals surface area contributed by atoms with Crippen molar-refractivity contribution in [2.24, 2.45) is 0 Å². The number of benzene rings is 2. The summed E-state index contributed by atoms with van der Waals surface area (Å²) >= 11 is 5.85. The van der Waals surface area contributed by atoms with E-state index in [2.05, 4.69) is 19.9 Å². The molecule has 0 atom stereocenters. The molecule has 0 radical (unpaired) electrons. The van der Waals surface area contributed by atoms with Gasteiger partial charge in [0.25, 0.3) is 5.91 Å². The average Bonchev–Trinajstić information content (AvgIpc) is 2.73. The van der Waals surface area contributed by atoms with Crippen LogP contribution in [0.25, 0.3) is 0 Å². The van der Waals surface area contributed by atoms with Crippen LogP contribution in [-0.4, -0.2) is 61.9 Å². The lowest BCUT2D eigenvalue weighted by Crippen LogP contribution is -2.43. The molecule has 10 heteroatoms. The molecule has 32 heavy (non-hydrogen) atoms. The Labute approximate surface area is 189 Å². The Balaban J connectivity index is 1.62. The Morgan fingerprint density at radius 3 is 2.44 bits per heavy atom. The second-order valence-corrected chi connectivity index (χ2v) is 8.03. The van der Waals surface area contributed by atoms with Gasteiger partial charge in [-0.3, -0.25) is 9.69 Å². The maximum absolute atomic E-state index is 12.6. The average molecular weight is 472 g/mol. The molecule has 1 saturated heterocycles. The van der Waals surface area contributed by atoms with Crippen LogP contribution in [-0.2, 0) is 17.9 Å². The van der Waals surface area contributed by atoms with Crippen LogP contribution >= 0.6 is 11.6 Å². The summed E-state index contributed by atoms with van der Waals surface area (Å²) in [5, 5.41) is 3.35. The fraction of sp³-hybridized carbons (Fsp3) is 0.409. The molecule has 3 rings (SSSR count). The number of rotatable bonds is 8. The molecule has 174 valence electrons. The van der Waals surface area contributed by atoms with Gasteiger partial charge in [0.1, 0.15) is 11.5 Å². The van der Waals surface area contributed by atoms with Crippen molar-refractivity contribution in [2.75, 3.05) is 39.8 Å². The molecule has 0 aromatic heterocycles. The third kappa shape index (κ3) is 7.89. The van der Waals surface area contributed by atoms with Crippen LogP contribution in [0.3, 0.4) is 0 Å². The molecular formula is C22H25ClF3N3O3. The number of hydrogen-bond acceptors (Lipinski definition) is 5.